The molecule has 0 aliphatic carbocycles. The van der Waals surface area contributed by atoms with Crippen LogP contribution < -0.4 is 58.3 Å². The van der Waals surface area contributed by atoms with Crippen molar-refractivity contribution in [1.29, 1.82) is 0 Å². The van der Waals surface area contributed by atoms with E-state index < -0.39 is 65.7 Å². The van der Waals surface area contributed by atoms with Crippen LogP contribution in [-0.2, 0) is 24.0 Å². The number of imide groups is 1. The molecule has 0 radical (unpaired) electrons. The van der Waals surface area contributed by atoms with Crippen molar-refractivity contribution in [3.05, 3.63) is 119 Å². The summed E-state index contributed by atoms with van der Waals surface area (Å²) in [6.45, 7) is 7.45. The number of halogens is 1. The number of aromatic amines is 1. The van der Waals surface area contributed by atoms with Gasteiger partial charge in [-0.05, 0) is 105 Å². The molecule has 448 valence electrons. The first-order valence-electron chi connectivity index (χ1n) is 28.0. The van der Waals surface area contributed by atoms with Gasteiger partial charge < -0.3 is 73.1 Å². The molecule has 85 heavy (non-hydrogen) atoms. The number of likely N-dealkylation sites (N-methyl/N-ethyl adjacent to an activating group) is 1. The van der Waals surface area contributed by atoms with Crippen LogP contribution in [0.15, 0.2) is 103 Å². The third-order valence-corrected chi connectivity index (χ3v) is 15.1. The van der Waals surface area contributed by atoms with E-state index in [-0.39, 0.29) is 94.4 Å². The Bertz CT molecular complexity index is 3400. The van der Waals surface area contributed by atoms with Gasteiger partial charge in [0.05, 0.1) is 11.7 Å². The van der Waals surface area contributed by atoms with E-state index in [1.807, 2.05) is 31.3 Å². The molecular formula is C59H69ClN14O11. The Hall–Kier alpha value is -9.33. The average Bonchev–Trinajstić information content (AvgIpc) is 3.41. The number of anilines is 3. The van der Waals surface area contributed by atoms with Crippen molar-refractivity contribution in [2.24, 2.45) is 11.5 Å². The Balaban J connectivity index is 0.891. The van der Waals surface area contributed by atoms with Crippen molar-refractivity contribution in [3.8, 4) is 5.75 Å². The fourth-order valence-corrected chi connectivity index (χ4v) is 10.4. The number of urea groups is 2. The number of H-pyrrole nitrogens is 1. The highest BCUT2D eigenvalue weighted by Crippen LogP contribution is 2.48. The van der Waals surface area contributed by atoms with Crippen LogP contribution in [0.4, 0.5) is 31.4 Å². The maximum Gasteiger partial charge on any atom is 0.415 e. The van der Waals surface area contributed by atoms with E-state index in [9.17, 15) is 47.9 Å². The van der Waals surface area contributed by atoms with E-state index in [0.717, 1.165) is 15.8 Å². The summed E-state index contributed by atoms with van der Waals surface area (Å²) in [6.07, 6.45) is 3.73. The van der Waals surface area contributed by atoms with Crippen molar-refractivity contribution in [2.45, 2.75) is 62.9 Å². The number of nitrogens with one attached hydrogen (secondary N) is 8. The summed E-state index contributed by atoms with van der Waals surface area (Å²) in [6, 6.07) is 18.7. The Morgan fingerprint density at radius 1 is 0.729 bits per heavy atom. The van der Waals surface area contributed by atoms with Gasteiger partial charge in [0.2, 0.25) is 17.7 Å². The van der Waals surface area contributed by atoms with Gasteiger partial charge in [-0.3, -0.25) is 38.5 Å². The molecule has 3 aliphatic heterocycles. The van der Waals surface area contributed by atoms with Crippen molar-refractivity contribution in [3.63, 3.8) is 0 Å². The molecule has 12 N–H and O–H groups in total. The number of nitrogens with two attached hydrogens (primary N) is 2. The number of primary amides is 2. The van der Waals surface area contributed by atoms with E-state index >= 15 is 0 Å². The van der Waals surface area contributed by atoms with Crippen molar-refractivity contribution in [2.75, 3.05) is 88.0 Å². The third-order valence-electron chi connectivity index (χ3n) is 14.8. The molecule has 0 unspecified atom stereocenters. The van der Waals surface area contributed by atoms with Crippen LogP contribution in [0.1, 0.15) is 77.3 Å². The molecule has 0 spiro atoms. The number of unbranched alkanes of at least 4 members (excludes halogenated alkanes) is 1. The number of carbonyl (C=O) groups is 10. The molecule has 4 heterocycles. The van der Waals surface area contributed by atoms with Crippen molar-refractivity contribution in [1.82, 2.24) is 46.3 Å². The quantitative estimate of drug-likeness (QED) is 0.0273. The first kappa shape index (κ1) is 61.7. The van der Waals surface area contributed by atoms with Crippen molar-refractivity contribution < 1.29 is 52.7 Å². The highest BCUT2D eigenvalue weighted by molar-refractivity contribution is 6.30. The second kappa shape index (κ2) is 28.8. The summed E-state index contributed by atoms with van der Waals surface area (Å²) in [5, 5.41) is 21.8. The lowest BCUT2D eigenvalue weighted by atomic mass is 9.94. The van der Waals surface area contributed by atoms with Crippen LogP contribution in [-0.4, -0.2) is 164 Å². The summed E-state index contributed by atoms with van der Waals surface area (Å²) in [5.41, 5.74) is 13.7. The number of nitrogens with zero attached hydrogens (tertiary/aromatic N) is 4. The number of ether oxygens (including phenoxy) is 1. The number of benzene rings is 4. The summed E-state index contributed by atoms with van der Waals surface area (Å²) in [7, 11) is 2.00. The number of carbonyl (C=O) groups excluding carboxylic acids is 10. The van der Waals surface area contributed by atoms with Crippen LogP contribution in [0.2, 0.25) is 0 Å². The summed E-state index contributed by atoms with van der Waals surface area (Å²) in [4.78, 5) is 138. The number of piperazine rings is 1. The second-order valence-electron chi connectivity index (χ2n) is 20.8. The smallest absolute Gasteiger partial charge is 0.409 e. The molecule has 8 rings (SSSR count). The monoisotopic (exact) mass is 1180 g/mol. The number of amides is 12. The molecule has 1 aromatic heterocycles. The lowest BCUT2D eigenvalue weighted by Gasteiger charge is -2.31. The predicted molar refractivity (Wildman–Crippen MR) is 320 cm³/mol. The maximum atomic E-state index is 14.5. The first-order chi connectivity index (χ1) is 40.8. The molecule has 3 aliphatic rings. The molecule has 1 fully saturated rings. The fourth-order valence-electron chi connectivity index (χ4n) is 10.3. The molecule has 3 atom stereocenters. The summed E-state index contributed by atoms with van der Waals surface area (Å²) < 4.78 is 6.06. The van der Waals surface area contributed by atoms with Gasteiger partial charge in [0.1, 0.15) is 17.5 Å². The van der Waals surface area contributed by atoms with E-state index in [1.54, 1.807) is 40.1 Å². The number of hydrogen-bond acceptors (Lipinski definition) is 13. The molecule has 5 aromatic rings. The molecule has 26 heteroatoms. The molecule has 1 saturated heterocycles. The zero-order chi connectivity index (χ0) is 60.7. The van der Waals surface area contributed by atoms with Crippen LogP contribution in [0.25, 0.3) is 21.7 Å². The highest BCUT2D eigenvalue weighted by Gasteiger charge is 2.38. The normalized spacial score (nSPS) is 15.5. The van der Waals surface area contributed by atoms with Gasteiger partial charge in [-0.2, -0.15) is 0 Å². The van der Waals surface area contributed by atoms with E-state index in [2.05, 4.69) is 53.7 Å². The lowest BCUT2D eigenvalue weighted by molar-refractivity contribution is -0.137. The minimum Gasteiger partial charge on any atom is -0.409 e. The van der Waals surface area contributed by atoms with Gasteiger partial charge in [-0.25, -0.2) is 14.4 Å². The fraction of sp³-hybridized carbons (Fsp3) is 0.356. The van der Waals surface area contributed by atoms with Crippen molar-refractivity contribution >= 4 is 110 Å². The molecule has 25 nitrogen and oxygen atoms in total. The second-order valence-corrected chi connectivity index (χ2v) is 21.3. The molecule has 4 aromatic carbocycles. The summed E-state index contributed by atoms with van der Waals surface area (Å²) in [5.74, 6) is -3.26. The topological polar surface area (TPSA) is 345 Å². The predicted octanol–water partition coefficient (Wildman–Crippen LogP) is 4.31. The first-order valence-corrected chi connectivity index (χ1v) is 28.3. The Morgan fingerprint density at radius 3 is 2.09 bits per heavy atom. The van der Waals surface area contributed by atoms with Crippen LogP contribution in [0.5, 0.6) is 5.75 Å². The summed E-state index contributed by atoms with van der Waals surface area (Å²) >= 11 is 6.65. The molecule has 0 bridgehead atoms. The Kier molecular flexibility index (Phi) is 20.9. The van der Waals surface area contributed by atoms with Gasteiger partial charge >= 0.3 is 18.2 Å². The van der Waals surface area contributed by atoms with E-state index in [4.69, 9.17) is 27.8 Å². The molecule has 0 saturated carbocycles. The number of aromatic nitrogens is 1. The Labute approximate surface area is 494 Å². The number of rotatable bonds is 26. The molecular weight excluding hydrogens is 1120 g/mol. The largest absolute Gasteiger partial charge is 0.415 e. The zero-order valence-corrected chi connectivity index (χ0v) is 47.7. The number of fused-ring (bicyclic) bond motifs is 4. The maximum absolute atomic E-state index is 14.5. The van der Waals surface area contributed by atoms with Crippen LogP contribution in [0, 0.1) is 0 Å². The van der Waals surface area contributed by atoms with Crippen LogP contribution >= 0.6 is 11.6 Å². The zero-order valence-electron chi connectivity index (χ0n) is 46.9. The number of hydrogen-bond donors (Lipinski definition) is 10. The standard InChI is InChI=1S/C59H69ClN14O11/c1-35(60)42-34-74(47-33-48(40-9-3-4-10-41(40)52(42)47)85-59(84)72-29-27-71(2)28-30-72)56(81)46-32-37-31-39(18-19-43(37)69-46)68-53(78)36-14-16-38(17-15-36)67-55(80)45(12-7-23-66-58(62)83)70-54(79)44(11-5-6-22-65-57(61)82)63-24-25-64-49(75)13-8-26-73-50(76)20-21-51(73)77/h3-4,9-10,14-21,31-33,42,44-45,63,69H,1,5-8,11-13,22-30,34H2,2H3,(H,64,75)(H,67,80)(H,68,78)(H,70,79)(H3,61,65,82)(H3,62,66,83)/t42-,44-,45-/m0/s1. The van der Waals surface area contributed by atoms with E-state index in [1.165, 1.54) is 36.4 Å². The van der Waals surface area contributed by atoms with Gasteiger partial charge in [0.25, 0.3) is 23.6 Å². The lowest BCUT2D eigenvalue weighted by Crippen LogP contribution is -2.52. The molecule has 12 amide bonds. The Morgan fingerprint density at radius 2 is 1.40 bits per heavy atom. The average molecular weight is 1190 g/mol. The SMILES string of the molecule is C=C(Cl)[C@@H]1CN(C(=O)c2cc3cc(NC(=O)c4ccc(NC(=O)[C@H](CCCNC(N)=O)NC(=O)[C@H](CCCCNC(N)=O)NCCNC(=O)CCCN5C(=O)C=CC5=O)cc4)ccc3[nH]2)c2cc(OC(=O)N3CCN(C)CC3)c3ccccc3c21. The minimum absolute atomic E-state index is 0.0520. The van der Waals surface area contributed by atoms with Gasteiger partial charge in [-0.1, -0.05) is 42.4 Å². The minimum atomic E-state index is -1.11. The van der Waals surface area contributed by atoms with Gasteiger partial charge in [-0.15, -0.1) is 0 Å². The van der Waals surface area contributed by atoms with Gasteiger partial charge in [0.15, 0.2) is 0 Å². The third kappa shape index (κ3) is 16.3. The van der Waals surface area contributed by atoms with E-state index in [0.29, 0.717) is 83.2 Å². The van der Waals surface area contributed by atoms with Crippen LogP contribution in [0.3, 0.4) is 0 Å². The highest BCUT2D eigenvalue weighted by atomic mass is 35.5. The van der Waals surface area contributed by atoms with Gasteiger partial charge in [0, 0.05) is 134 Å².